The molecule has 1 fully saturated rings. The molecule has 0 unspecified atom stereocenters. The summed E-state index contributed by atoms with van der Waals surface area (Å²) in [5.74, 6) is 2.59. The molecule has 0 saturated heterocycles. The smallest absolute Gasteiger partial charge is 0.258 e. The molecule has 7 heteroatoms. The van der Waals surface area contributed by atoms with Gasteiger partial charge in [-0.3, -0.25) is 4.79 Å². The highest BCUT2D eigenvalue weighted by molar-refractivity contribution is 6.12. The number of methoxy groups -OCH3 is 2. The second kappa shape index (κ2) is 7.48. The van der Waals surface area contributed by atoms with Gasteiger partial charge in [-0.05, 0) is 43.4 Å². The van der Waals surface area contributed by atoms with Crippen molar-refractivity contribution in [1.82, 2.24) is 10.2 Å². The topological polar surface area (TPSA) is 73.8 Å². The van der Waals surface area contributed by atoms with Crippen LogP contribution < -0.4 is 19.1 Å². The van der Waals surface area contributed by atoms with E-state index in [4.69, 9.17) is 14.2 Å². The van der Waals surface area contributed by atoms with Crippen molar-refractivity contribution in [1.29, 1.82) is 0 Å². The van der Waals surface area contributed by atoms with Gasteiger partial charge in [-0.15, -0.1) is 0 Å². The van der Waals surface area contributed by atoms with E-state index in [0.29, 0.717) is 40.7 Å². The lowest BCUT2D eigenvalue weighted by molar-refractivity contribution is 0.0980. The number of nitrogens with zero attached hydrogens (tertiary/aromatic N) is 3. The summed E-state index contributed by atoms with van der Waals surface area (Å²) in [5.41, 5.74) is 3.02. The maximum atomic E-state index is 13.4. The number of hydrogen-bond acceptors (Lipinski definition) is 6. The molecule has 0 radical (unpaired) electrons. The van der Waals surface area contributed by atoms with Gasteiger partial charge < -0.3 is 19.1 Å². The van der Waals surface area contributed by atoms with Crippen LogP contribution in [0.3, 0.4) is 0 Å². The Morgan fingerprint density at radius 1 is 1.10 bits per heavy atom. The number of aromatic nitrogens is 2. The predicted molar refractivity (Wildman–Crippen MR) is 113 cm³/mol. The number of rotatable bonds is 6. The third-order valence-corrected chi connectivity index (χ3v) is 5.78. The molecule has 1 aliphatic carbocycles. The van der Waals surface area contributed by atoms with Crippen LogP contribution in [-0.4, -0.2) is 43.5 Å². The molecule has 30 heavy (non-hydrogen) atoms. The Morgan fingerprint density at radius 3 is 2.67 bits per heavy atom. The highest BCUT2D eigenvalue weighted by Crippen LogP contribution is 2.38. The van der Waals surface area contributed by atoms with E-state index in [1.165, 1.54) is 12.8 Å². The van der Waals surface area contributed by atoms with Crippen LogP contribution >= 0.6 is 0 Å². The first kappa shape index (κ1) is 18.7. The highest BCUT2D eigenvalue weighted by Gasteiger charge is 2.30. The molecule has 154 valence electrons. The number of amides is 1. The van der Waals surface area contributed by atoms with Gasteiger partial charge in [0.1, 0.15) is 5.75 Å². The Labute approximate surface area is 174 Å². The Balaban J connectivity index is 1.52. The molecule has 0 bridgehead atoms. The fourth-order valence-corrected chi connectivity index (χ4v) is 3.94. The largest absolute Gasteiger partial charge is 0.493 e. The molecular formula is C23H23N3O4. The molecule has 1 aromatic heterocycles. The number of carbonyl (C=O) groups excluding carboxylic acids is 1. The number of anilines is 1. The molecule has 2 aliphatic rings. The van der Waals surface area contributed by atoms with Crippen LogP contribution in [-0.2, 0) is 6.42 Å². The zero-order chi connectivity index (χ0) is 20.7. The fourth-order valence-electron chi connectivity index (χ4n) is 3.94. The molecule has 1 amide bonds. The van der Waals surface area contributed by atoms with Crippen molar-refractivity contribution in [2.45, 2.75) is 19.3 Å². The average Bonchev–Trinajstić information content (AvgIpc) is 3.61. The highest BCUT2D eigenvalue weighted by atomic mass is 16.5. The Morgan fingerprint density at radius 2 is 1.90 bits per heavy atom. The Kier molecular flexibility index (Phi) is 4.65. The molecule has 1 saturated carbocycles. The summed E-state index contributed by atoms with van der Waals surface area (Å²) < 4.78 is 16.8. The van der Waals surface area contributed by atoms with E-state index in [9.17, 15) is 4.79 Å². The van der Waals surface area contributed by atoms with Crippen molar-refractivity contribution in [3.05, 3.63) is 47.7 Å². The van der Waals surface area contributed by atoms with Crippen molar-refractivity contribution in [3.63, 3.8) is 0 Å². The van der Waals surface area contributed by atoms with Gasteiger partial charge in [0, 0.05) is 29.1 Å². The maximum absolute atomic E-state index is 13.4. The quantitative estimate of drug-likeness (QED) is 0.623. The number of benzene rings is 2. The molecule has 0 spiro atoms. The number of fused-ring (bicyclic) bond motifs is 2. The predicted octanol–water partition coefficient (Wildman–Crippen LogP) is 3.64. The van der Waals surface area contributed by atoms with Crippen molar-refractivity contribution in [2.24, 2.45) is 5.92 Å². The lowest BCUT2D eigenvalue weighted by Gasteiger charge is -2.30. The molecule has 1 aliphatic heterocycles. The van der Waals surface area contributed by atoms with E-state index >= 15 is 0 Å². The summed E-state index contributed by atoms with van der Waals surface area (Å²) in [6.45, 7) is 1.28. The van der Waals surface area contributed by atoms with Crippen LogP contribution in [0.4, 0.5) is 5.69 Å². The standard InChI is InChI=1S/C23H23N3O4/c1-28-21-10-17-18(11-22(21)29-2)25-24-12-19(17)26-9-8-15-16(23(26)27)4-3-5-20(15)30-13-14-6-7-14/h3-5,10-12,14H,6-9,13H2,1-2H3. The van der Waals surface area contributed by atoms with Crippen LogP contribution in [0.25, 0.3) is 10.9 Å². The van der Waals surface area contributed by atoms with Crippen LogP contribution in [0.15, 0.2) is 36.5 Å². The molecule has 2 aromatic carbocycles. The first-order valence-corrected chi connectivity index (χ1v) is 10.1. The average molecular weight is 405 g/mol. The van der Waals surface area contributed by atoms with Crippen molar-refractivity contribution < 1.29 is 19.0 Å². The Bertz CT molecular complexity index is 1130. The van der Waals surface area contributed by atoms with Crippen molar-refractivity contribution >= 4 is 22.5 Å². The monoisotopic (exact) mass is 405 g/mol. The summed E-state index contributed by atoms with van der Waals surface area (Å²) in [4.78, 5) is 15.2. The second-order valence-corrected chi connectivity index (χ2v) is 7.70. The van der Waals surface area contributed by atoms with Gasteiger partial charge >= 0.3 is 0 Å². The van der Waals surface area contributed by atoms with E-state index in [1.54, 1.807) is 31.4 Å². The summed E-state index contributed by atoms with van der Waals surface area (Å²) in [6.07, 6.45) is 4.82. The molecule has 2 heterocycles. The van der Waals surface area contributed by atoms with Gasteiger partial charge in [-0.2, -0.15) is 10.2 Å². The SMILES string of the molecule is COc1cc2nncc(N3CCc4c(OCC5CC5)cccc4C3=O)c2cc1OC. The van der Waals surface area contributed by atoms with Gasteiger partial charge in [0.2, 0.25) is 0 Å². The first-order chi connectivity index (χ1) is 14.7. The first-order valence-electron chi connectivity index (χ1n) is 10.1. The zero-order valence-corrected chi connectivity index (χ0v) is 17.1. The zero-order valence-electron chi connectivity index (χ0n) is 17.1. The van der Waals surface area contributed by atoms with Gasteiger partial charge in [0.05, 0.1) is 38.2 Å². The molecule has 7 nitrogen and oxygen atoms in total. The summed E-state index contributed by atoms with van der Waals surface area (Å²) in [6, 6.07) is 9.34. The molecule has 3 aromatic rings. The van der Waals surface area contributed by atoms with Gasteiger partial charge in [0.15, 0.2) is 11.5 Å². The van der Waals surface area contributed by atoms with Gasteiger partial charge in [0.25, 0.3) is 5.91 Å². The van der Waals surface area contributed by atoms with Gasteiger partial charge in [-0.1, -0.05) is 6.07 Å². The lowest BCUT2D eigenvalue weighted by Crippen LogP contribution is -2.38. The molecular weight excluding hydrogens is 382 g/mol. The third-order valence-electron chi connectivity index (χ3n) is 5.78. The van der Waals surface area contributed by atoms with Gasteiger partial charge in [-0.25, -0.2) is 0 Å². The van der Waals surface area contributed by atoms with Crippen molar-refractivity contribution in [3.8, 4) is 17.2 Å². The van der Waals surface area contributed by atoms with E-state index in [2.05, 4.69) is 10.2 Å². The van der Waals surface area contributed by atoms with Crippen LogP contribution in [0, 0.1) is 5.92 Å². The normalized spacial score (nSPS) is 15.8. The fraction of sp³-hybridized carbons (Fsp3) is 0.348. The van der Waals surface area contributed by atoms with E-state index in [0.717, 1.165) is 29.7 Å². The second-order valence-electron chi connectivity index (χ2n) is 7.70. The van der Waals surface area contributed by atoms with Crippen LogP contribution in [0.5, 0.6) is 17.2 Å². The minimum absolute atomic E-state index is 0.0581. The third kappa shape index (κ3) is 3.20. The summed E-state index contributed by atoms with van der Waals surface area (Å²) in [5, 5.41) is 9.12. The summed E-state index contributed by atoms with van der Waals surface area (Å²) >= 11 is 0. The van der Waals surface area contributed by atoms with E-state index in [-0.39, 0.29) is 5.91 Å². The molecule has 0 N–H and O–H groups in total. The van der Waals surface area contributed by atoms with Crippen LogP contribution in [0.2, 0.25) is 0 Å². The number of hydrogen-bond donors (Lipinski definition) is 0. The Hall–Kier alpha value is -3.35. The van der Waals surface area contributed by atoms with E-state index < -0.39 is 0 Å². The van der Waals surface area contributed by atoms with E-state index in [1.807, 2.05) is 24.3 Å². The maximum Gasteiger partial charge on any atom is 0.258 e. The minimum atomic E-state index is -0.0581. The minimum Gasteiger partial charge on any atom is -0.493 e. The summed E-state index contributed by atoms with van der Waals surface area (Å²) in [7, 11) is 3.17. The molecule has 5 rings (SSSR count). The van der Waals surface area contributed by atoms with Crippen LogP contribution in [0.1, 0.15) is 28.8 Å². The molecule has 0 atom stereocenters. The number of carbonyl (C=O) groups is 1. The lowest BCUT2D eigenvalue weighted by atomic mass is 9.97. The number of ether oxygens (including phenoxy) is 3. The van der Waals surface area contributed by atoms with Crippen molar-refractivity contribution in [2.75, 3.05) is 32.3 Å².